The smallest absolute Gasteiger partial charge is 0.348 e. The van der Waals surface area contributed by atoms with Gasteiger partial charge in [0, 0.05) is 4.90 Å². The minimum absolute atomic E-state index is 0.00113. The van der Waals surface area contributed by atoms with Crippen LogP contribution in [0, 0.1) is 5.92 Å². The van der Waals surface area contributed by atoms with Gasteiger partial charge in [0.1, 0.15) is 6.17 Å². The molecule has 9 heteroatoms. The van der Waals surface area contributed by atoms with E-state index in [4.69, 9.17) is 0 Å². The molecule has 1 heterocycles. The number of amides is 2. The average molecular weight is 452 g/mol. The number of benzene rings is 2. The van der Waals surface area contributed by atoms with Gasteiger partial charge in [-0.2, -0.15) is 13.2 Å². The summed E-state index contributed by atoms with van der Waals surface area (Å²) in [6, 6.07) is 14.1. The summed E-state index contributed by atoms with van der Waals surface area (Å²) in [5.41, 5.74) is -2.81. The topological polar surface area (TPSA) is 70.2 Å². The number of nitrogens with one attached hydrogen (secondary N) is 3. The quantitative estimate of drug-likeness (QED) is 0.573. The fraction of sp³-hybridized carbons (Fsp3) is 0.364. The number of carbonyl (C=O) groups excluding carboxylic acids is 2. The van der Waals surface area contributed by atoms with Gasteiger partial charge in [0.15, 0.2) is 0 Å². The van der Waals surface area contributed by atoms with Gasteiger partial charge in [0.2, 0.25) is 11.8 Å². The lowest BCUT2D eigenvalue weighted by molar-refractivity contribution is -0.132. The average Bonchev–Trinajstić information content (AvgIpc) is 2.71. The molecular formula is C22H24F3N3O2S. The molecule has 0 bridgehead atoms. The van der Waals surface area contributed by atoms with Crippen LogP contribution in [0.4, 0.5) is 13.2 Å². The molecule has 0 spiro atoms. The van der Waals surface area contributed by atoms with Crippen LogP contribution in [0.2, 0.25) is 0 Å². The third kappa shape index (κ3) is 6.48. The number of rotatable bonds is 6. The third-order valence-electron chi connectivity index (χ3n) is 4.95. The maximum absolute atomic E-state index is 13.0. The van der Waals surface area contributed by atoms with E-state index < -0.39 is 23.8 Å². The van der Waals surface area contributed by atoms with Crippen LogP contribution in [0.1, 0.15) is 43.6 Å². The van der Waals surface area contributed by atoms with Gasteiger partial charge < -0.3 is 10.6 Å². The van der Waals surface area contributed by atoms with Gasteiger partial charge in [-0.1, -0.05) is 56.3 Å². The van der Waals surface area contributed by atoms with Gasteiger partial charge in [-0.3, -0.25) is 14.9 Å². The molecule has 2 aromatic carbocycles. The Hall–Kier alpha value is -2.52. The molecule has 31 heavy (non-hydrogen) atoms. The Morgan fingerprint density at radius 2 is 1.74 bits per heavy atom. The second-order valence-corrected chi connectivity index (χ2v) is 8.82. The number of halogens is 3. The van der Waals surface area contributed by atoms with E-state index in [0.29, 0.717) is 5.56 Å². The Morgan fingerprint density at radius 1 is 1.10 bits per heavy atom. The summed E-state index contributed by atoms with van der Waals surface area (Å²) in [6.07, 6.45) is -0.476. The summed E-state index contributed by atoms with van der Waals surface area (Å²) in [6.45, 7) is 3.83. The van der Waals surface area contributed by atoms with Crippen LogP contribution >= 0.6 is 11.8 Å². The van der Waals surface area contributed by atoms with Crippen molar-refractivity contribution in [2.45, 2.75) is 48.9 Å². The first kappa shape index (κ1) is 23.1. The summed E-state index contributed by atoms with van der Waals surface area (Å²) in [5.74, 6) is -0.571. The first-order valence-corrected chi connectivity index (χ1v) is 10.7. The van der Waals surface area contributed by atoms with Gasteiger partial charge in [0.05, 0.1) is 18.5 Å². The van der Waals surface area contributed by atoms with Crippen molar-refractivity contribution in [2.75, 3.05) is 0 Å². The van der Waals surface area contributed by atoms with Crippen LogP contribution in [0.15, 0.2) is 59.5 Å². The van der Waals surface area contributed by atoms with Gasteiger partial charge in [-0.05, 0) is 40.9 Å². The van der Waals surface area contributed by atoms with E-state index in [1.807, 2.05) is 44.2 Å². The van der Waals surface area contributed by atoms with Crippen molar-refractivity contribution >= 4 is 23.6 Å². The molecule has 1 aliphatic rings. The Morgan fingerprint density at radius 3 is 2.32 bits per heavy atom. The molecule has 5 nitrogen and oxygen atoms in total. The maximum Gasteiger partial charge on any atom is 0.446 e. The highest BCUT2D eigenvalue weighted by atomic mass is 32.2. The molecule has 0 aromatic heterocycles. The largest absolute Gasteiger partial charge is 0.446 e. The molecule has 3 atom stereocenters. The Bertz CT molecular complexity index is 904. The van der Waals surface area contributed by atoms with E-state index in [0.717, 1.165) is 5.56 Å². The standard InChI is InChI=1S/C22H24F3N3O2S/c1-13(2)19(14-8-10-16(11-9-14)31-22(23,24)25)28-21(30)17-12-18(29)27-20(26-17)15-6-4-3-5-7-15/h3-11,13,17,19-20,26H,12H2,1-2H3,(H,27,29)(H,28,30)/t17?,19-,20?/m1/s1. The molecule has 2 unspecified atom stereocenters. The second kappa shape index (κ2) is 9.74. The zero-order valence-electron chi connectivity index (χ0n) is 17.1. The van der Waals surface area contributed by atoms with Crippen LogP contribution in [0.5, 0.6) is 0 Å². The van der Waals surface area contributed by atoms with Crippen molar-refractivity contribution in [3.8, 4) is 0 Å². The van der Waals surface area contributed by atoms with Gasteiger partial charge in [-0.15, -0.1) is 0 Å². The number of carbonyl (C=O) groups is 2. The van der Waals surface area contributed by atoms with E-state index in [2.05, 4.69) is 16.0 Å². The maximum atomic E-state index is 13.0. The molecule has 3 rings (SSSR count). The van der Waals surface area contributed by atoms with E-state index in [1.165, 1.54) is 12.1 Å². The highest BCUT2D eigenvalue weighted by molar-refractivity contribution is 8.00. The van der Waals surface area contributed by atoms with Crippen molar-refractivity contribution in [3.63, 3.8) is 0 Å². The fourth-order valence-electron chi connectivity index (χ4n) is 3.47. The Balaban J connectivity index is 1.70. The number of hydrogen-bond donors (Lipinski definition) is 3. The third-order valence-corrected chi connectivity index (χ3v) is 5.69. The molecule has 1 aliphatic heterocycles. The lowest BCUT2D eigenvalue weighted by Gasteiger charge is -2.33. The summed E-state index contributed by atoms with van der Waals surface area (Å²) >= 11 is -0.177. The summed E-state index contributed by atoms with van der Waals surface area (Å²) in [4.78, 5) is 25.2. The molecule has 0 aliphatic carbocycles. The van der Waals surface area contributed by atoms with Gasteiger partial charge in [0.25, 0.3) is 0 Å². The molecule has 2 aromatic rings. The van der Waals surface area contributed by atoms with Crippen LogP contribution < -0.4 is 16.0 Å². The first-order chi connectivity index (χ1) is 14.6. The molecular weight excluding hydrogens is 427 g/mol. The molecule has 1 fully saturated rings. The van der Waals surface area contributed by atoms with Gasteiger partial charge in [-0.25, -0.2) is 0 Å². The zero-order valence-corrected chi connectivity index (χ0v) is 17.9. The van der Waals surface area contributed by atoms with Gasteiger partial charge >= 0.3 is 5.51 Å². The Kier molecular flexibility index (Phi) is 7.27. The van der Waals surface area contributed by atoms with Crippen molar-refractivity contribution in [1.82, 2.24) is 16.0 Å². The summed E-state index contributed by atoms with van der Waals surface area (Å²) < 4.78 is 37.7. The molecule has 1 saturated heterocycles. The van der Waals surface area contributed by atoms with Crippen molar-refractivity contribution in [1.29, 1.82) is 0 Å². The van der Waals surface area contributed by atoms with Crippen LogP contribution in [0.25, 0.3) is 0 Å². The zero-order chi connectivity index (χ0) is 22.6. The monoisotopic (exact) mass is 451 g/mol. The van der Waals surface area contributed by atoms with Crippen molar-refractivity contribution in [2.24, 2.45) is 5.92 Å². The van der Waals surface area contributed by atoms with Crippen molar-refractivity contribution in [3.05, 3.63) is 65.7 Å². The summed E-state index contributed by atoms with van der Waals surface area (Å²) in [5, 5.41) is 8.94. The van der Waals surface area contributed by atoms with E-state index in [9.17, 15) is 22.8 Å². The molecule has 0 saturated carbocycles. The van der Waals surface area contributed by atoms with E-state index in [-0.39, 0.29) is 40.8 Å². The predicted molar refractivity (Wildman–Crippen MR) is 113 cm³/mol. The number of alkyl halides is 3. The minimum Gasteiger partial charge on any atom is -0.348 e. The SMILES string of the molecule is CC(C)[C@@H](NC(=O)C1CC(=O)NC(c2ccccc2)N1)c1ccc(SC(F)(F)F)cc1. The Labute approximate surface area is 183 Å². The molecule has 166 valence electrons. The normalized spacial score (nSPS) is 20.3. The van der Waals surface area contributed by atoms with Crippen LogP contribution in [-0.4, -0.2) is 23.4 Å². The highest BCUT2D eigenvalue weighted by Gasteiger charge is 2.33. The lowest BCUT2D eigenvalue weighted by Crippen LogP contribution is -2.56. The second-order valence-electron chi connectivity index (χ2n) is 7.68. The van der Waals surface area contributed by atoms with Crippen molar-refractivity contribution < 1.29 is 22.8 Å². The molecule has 0 radical (unpaired) electrons. The van der Waals surface area contributed by atoms with Crippen LogP contribution in [-0.2, 0) is 9.59 Å². The van der Waals surface area contributed by atoms with E-state index in [1.54, 1.807) is 12.1 Å². The first-order valence-electron chi connectivity index (χ1n) is 9.89. The fourth-order valence-corrected chi connectivity index (χ4v) is 4.01. The molecule has 2 amide bonds. The predicted octanol–water partition coefficient (Wildman–Crippen LogP) is 4.29. The lowest BCUT2D eigenvalue weighted by atomic mass is 9.95. The van der Waals surface area contributed by atoms with Crippen LogP contribution in [0.3, 0.4) is 0 Å². The number of hydrogen-bond acceptors (Lipinski definition) is 4. The number of thioether (sulfide) groups is 1. The minimum atomic E-state index is -4.35. The summed E-state index contributed by atoms with van der Waals surface area (Å²) in [7, 11) is 0. The molecule has 3 N–H and O–H groups in total. The highest BCUT2D eigenvalue weighted by Crippen LogP contribution is 2.37. The van der Waals surface area contributed by atoms with E-state index >= 15 is 0 Å².